The van der Waals surface area contributed by atoms with Crippen molar-refractivity contribution in [3.05, 3.63) is 29.8 Å². The number of carboxylic acids is 1. The van der Waals surface area contributed by atoms with E-state index in [1.165, 1.54) is 0 Å². The van der Waals surface area contributed by atoms with Gasteiger partial charge in [0.25, 0.3) is 0 Å². The van der Waals surface area contributed by atoms with Crippen molar-refractivity contribution < 1.29 is 19.7 Å². The zero-order valence-electron chi connectivity index (χ0n) is 10.4. The van der Waals surface area contributed by atoms with Gasteiger partial charge in [-0.3, -0.25) is 0 Å². The van der Waals surface area contributed by atoms with Gasteiger partial charge >= 0.3 is 5.97 Å². The number of aliphatic hydroxyl groups is 1. The van der Waals surface area contributed by atoms with Gasteiger partial charge in [-0.15, -0.1) is 0 Å². The Hall–Kier alpha value is -1.59. The molecule has 0 aliphatic heterocycles. The van der Waals surface area contributed by atoms with E-state index in [9.17, 15) is 4.79 Å². The Kier molecular flexibility index (Phi) is 6.18. The lowest BCUT2D eigenvalue weighted by Crippen LogP contribution is -2.31. The van der Waals surface area contributed by atoms with E-state index in [0.717, 1.165) is 12.0 Å². The molecule has 18 heavy (non-hydrogen) atoms. The maximum atomic E-state index is 10.4. The Morgan fingerprint density at radius 2 is 2.28 bits per heavy atom. The zero-order valence-corrected chi connectivity index (χ0v) is 10.4. The number of hydrogen-bond donors (Lipinski definition) is 3. The minimum absolute atomic E-state index is 0.0774. The summed E-state index contributed by atoms with van der Waals surface area (Å²) in [6, 6.07) is 7.32. The number of carboxylic acid groups (broad SMARTS) is 1. The van der Waals surface area contributed by atoms with Crippen LogP contribution in [-0.2, 0) is 11.3 Å². The zero-order chi connectivity index (χ0) is 13.4. The molecule has 5 heteroatoms. The van der Waals surface area contributed by atoms with Crippen LogP contribution in [0.3, 0.4) is 0 Å². The summed E-state index contributed by atoms with van der Waals surface area (Å²) in [5, 5.41) is 20.8. The SMILES string of the molecule is CCC(CO)NCc1cccc(OCC(=O)O)c1. The maximum absolute atomic E-state index is 10.4. The molecule has 0 amide bonds. The predicted octanol–water partition coefficient (Wildman–Crippen LogP) is 1.01. The Labute approximate surface area is 106 Å². The van der Waals surface area contributed by atoms with Crippen LogP contribution in [0.1, 0.15) is 18.9 Å². The van der Waals surface area contributed by atoms with Gasteiger partial charge in [0.05, 0.1) is 6.61 Å². The summed E-state index contributed by atoms with van der Waals surface area (Å²) < 4.78 is 5.09. The van der Waals surface area contributed by atoms with E-state index in [1.54, 1.807) is 12.1 Å². The maximum Gasteiger partial charge on any atom is 0.341 e. The molecule has 1 atom stereocenters. The first-order valence-electron chi connectivity index (χ1n) is 5.93. The Balaban J connectivity index is 2.51. The van der Waals surface area contributed by atoms with Gasteiger partial charge < -0.3 is 20.3 Å². The molecule has 1 rings (SSSR count). The highest BCUT2D eigenvalue weighted by molar-refractivity contribution is 5.68. The lowest BCUT2D eigenvalue weighted by molar-refractivity contribution is -0.139. The number of aliphatic hydroxyl groups excluding tert-OH is 1. The molecule has 0 spiro atoms. The molecule has 1 unspecified atom stereocenters. The number of aliphatic carboxylic acids is 1. The fourth-order valence-electron chi connectivity index (χ4n) is 1.49. The van der Waals surface area contributed by atoms with Crippen LogP contribution in [0.2, 0.25) is 0 Å². The van der Waals surface area contributed by atoms with Crippen molar-refractivity contribution in [2.45, 2.75) is 25.9 Å². The molecule has 0 aliphatic carbocycles. The summed E-state index contributed by atoms with van der Waals surface area (Å²) in [5.41, 5.74) is 0.991. The first-order chi connectivity index (χ1) is 8.65. The van der Waals surface area contributed by atoms with E-state index in [0.29, 0.717) is 12.3 Å². The lowest BCUT2D eigenvalue weighted by Gasteiger charge is -2.14. The average molecular weight is 253 g/mol. The summed E-state index contributed by atoms with van der Waals surface area (Å²) in [6.45, 7) is 2.38. The minimum atomic E-state index is -0.996. The van der Waals surface area contributed by atoms with Gasteiger partial charge in [-0.25, -0.2) is 4.79 Å². The van der Waals surface area contributed by atoms with Crippen LogP contribution >= 0.6 is 0 Å². The highest BCUT2D eigenvalue weighted by Crippen LogP contribution is 2.13. The molecule has 5 nitrogen and oxygen atoms in total. The molecule has 0 saturated heterocycles. The molecule has 3 N–H and O–H groups in total. The average Bonchev–Trinajstić information content (AvgIpc) is 2.38. The van der Waals surface area contributed by atoms with Crippen molar-refractivity contribution in [3.63, 3.8) is 0 Å². The number of benzene rings is 1. The number of nitrogens with one attached hydrogen (secondary N) is 1. The van der Waals surface area contributed by atoms with Crippen molar-refractivity contribution in [2.75, 3.05) is 13.2 Å². The number of ether oxygens (including phenoxy) is 1. The topological polar surface area (TPSA) is 78.8 Å². The van der Waals surface area contributed by atoms with Crippen LogP contribution in [-0.4, -0.2) is 35.4 Å². The molecule has 0 radical (unpaired) electrons. The second-order valence-corrected chi connectivity index (χ2v) is 4.00. The summed E-state index contributed by atoms with van der Waals surface area (Å²) in [6.07, 6.45) is 0.853. The molecule has 1 aromatic carbocycles. The monoisotopic (exact) mass is 253 g/mol. The second kappa shape index (κ2) is 7.68. The summed E-state index contributed by atoms with van der Waals surface area (Å²) >= 11 is 0. The van der Waals surface area contributed by atoms with Crippen LogP contribution in [0.5, 0.6) is 5.75 Å². The van der Waals surface area contributed by atoms with Gasteiger partial charge in [0.2, 0.25) is 0 Å². The Morgan fingerprint density at radius 1 is 1.50 bits per heavy atom. The number of rotatable bonds is 8. The van der Waals surface area contributed by atoms with Crippen LogP contribution in [0, 0.1) is 0 Å². The number of hydrogen-bond acceptors (Lipinski definition) is 4. The predicted molar refractivity (Wildman–Crippen MR) is 67.6 cm³/mol. The summed E-state index contributed by atoms with van der Waals surface area (Å²) in [7, 11) is 0. The van der Waals surface area contributed by atoms with Gasteiger partial charge in [-0.2, -0.15) is 0 Å². The highest BCUT2D eigenvalue weighted by Gasteiger charge is 2.04. The molecule has 100 valence electrons. The largest absolute Gasteiger partial charge is 0.482 e. The van der Waals surface area contributed by atoms with Crippen molar-refractivity contribution in [2.24, 2.45) is 0 Å². The molecular weight excluding hydrogens is 234 g/mol. The molecule has 0 aliphatic rings. The Bertz CT molecular complexity index is 377. The van der Waals surface area contributed by atoms with Gasteiger partial charge in [0.15, 0.2) is 6.61 Å². The molecule has 0 bridgehead atoms. The lowest BCUT2D eigenvalue weighted by atomic mass is 10.2. The quantitative estimate of drug-likeness (QED) is 0.644. The van der Waals surface area contributed by atoms with Crippen LogP contribution in [0.15, 0.2) is 24.3 Å². The van der Waals surface area contributed by atoms with Gasteiger partial charge in [0.1, 0.15) is 5.75 Å². The van der Waals surface area contributed by atoms with E-state index < -0.39 is 5.97 Å². The van der Waals surface area contributed by atoms with Crippen molar-refractivity contribution in [1.29, 1.82) is 0 Å². The molecule has 1 aromatic rings. The van der Waals surface area contributed by atoms with E-state index in [-0.39, 0.29) is 19.3 Å². The van der Waals surface area contributed by atoms with Gasteiger partial charge in [-0.05, 0) is 24.1 Å². The third kappa shape index (κ3) is 5.16. The Morgan fingerprint density at radius 3 is 2.89 bits per heavy atom. The summed E-state index contributed by atoms with van der Waals surface area (Å²) in [5.74, 6) is -0.460. The van der Waals surface area contributed by atoms with Crippen molar-refractivity contribution >= 4 is 5.97 Å². The van der Waals surface area contributed by atoms with E-state index in [2.05, 4.69) is 5.32 Å². The molecule has 0 fully saturated rings. The number of carbonyl (C=O) groups is 1. The molecular formula is C13H19NO4. The van der Waals surface area contributed by atoms with Crippen LogP contribution in [0.25, 0.3) is 0 Å². The minimum Gasteiger partial charge on any atom is -0.482 e. The highest BCUT2D eigenvalue weighted by atomic mass is 16.5. The van der Waals surface area contributed by atoms with Crippen LogP contribution in [0.4, 0.5) is 0 Å². The fourth-order valence-corrected chi connectivity index (χ4v) is 1.49. The van der Waals surface area contributed by atoms with Crippen molar-refractivity contribution in [1.82, 2.24) is 5.32 Å². The van der Waals surface area contributed by atoms with Crippen LogP contribution < -0.4 is 10.1 Å². The van der Waals surface area contributed by atoms with Gasteiger partial charge in [0, 0.05) is 12.6 Å². The van der Waals surface area contributed by atoms with Gasteiger partial charge in [-0.1, -0.05) is 19.1 Å². The normalized spacial score (nSPS) is 12.1. The third-order valence-corrected chi connectivity index (χ3v) is 2.57. The smallest absolute Gasteiger partial charge is 0.341 e. The first kappa shape index (κ1) is 14.5. The molecule has 0 saturated carbocycles. The summed E-state index contributed by atoms with van der Waals surface area (Å²) in [4.78, 5) is 10.4. The van der Waals surface area contributed by atoms with Crippen molar-refractivity contribution in [3.8, 4) is 5.75 Å². The van der Waals surface area contributed by atoms with E-state index >= 15 is 0 Å². The molecule has 0 heterocycles. The molecule has 0 aromatic heterocycles. The first-order valence-corrected chi connectivity index (χ1v) is 5.93. The second-order valence-electron chi connectivity index (χ2n) is 4.00. The van der Waals surface area contributed by atoms with E-state index in [1.807, 2.05) is 19.1 Å². The fraction of sp³-hybridized carbons (Fsp3) is 0.462. The van der Waals surface area contributed by atoms with E-state index in [4.69, 9.17) is 14.9 Å². The standard InChI is InChI=1S/C13H19NO4/c1-2-11(8-15)14-7-10-4-3-5-12(6-10)18-9-13(16)17/h3-6,11,14-15H,2,7-9H2,1H3,(H,16,17). The third-order valence-electron chi connectivity index (χ3n) is 2.57.